The van der Waals surface area contributed by atoms with Crippen LogP contribution in [-0.4, -0.2) is 8.07 Å². The van der Waals surface area contributed by atoms with Gasteiger partial charge in [0.2, 0.25) is 0 Å². The Labute approximate surface area is 126 Å². The van der Waals surface area contributed by atoms with Crippen LogP contribution in [0.2, 0.25) is 19.1 Å². The molecule has 20 heavy (non-hydrogen) atoms. The molecule has 0 fully saturated rings. The van der Waals surface area contributed by atoms with Gasteiger partial charge < -0.3 is 0 Å². The van der Waals surface area contributed by atoms with E-state index in [9.17, 15) is 0 Å². The van der Waals surface area contributed by atoms with Crippen molar-refractivity contribution in [2.75, 3.05) is 0 Å². The van der Waals surface area contributed by atoms with Crippen molar-refractivity contribution >= 4 is 8.07 Å². The molecule has 0 aliphatic carbocycles. The Bertz CT molecular complexity index is 415. The summed E-state index contributed by atoms with van der Waals surface area (Å²) in [5.41, 5.74) is 2.79. The van der Waals surface area contributed by atoms with Crippen molar-refractivity contribution in [3.63, 3.8) is 0 Å². The fraction of sp³-hybridized carbons (Fsp3) is 0.474. The van der Waals surface area contributed by atoms with Crippen LogP contribution in [0.3, 0.4) is 0 Å². The molecule has 0 aliphatic rings. The lowest BCUT2D eigenvalue weighted by molar-refractivity contribution is 0.729. The highest BCUT2D eigenvalue weighted by molar-refractivity contribution is 6.77. The van der Waals surface area contributed by atoms with Crippen LogP contribution in [0.15, 0.2) is 54.6 Å². The van der Waals surface area contributed by atoms with Crippen molar-refractivity contribution < 1.29 is 0 Å². The fourth-order valence-corrected chi connectivity index (χ4v) is 5.46. The van der Waals surface area contributed by atoms with Gasteiger partial charge in [-0.15, -0.1) is 0 Å². The van der Waals surface area contributed by atoms with Gasteiger partial charge in [0.15, 0.2) is 0 Å². The SMILES string of the molecule is C=C(/C=C/CCCCC)C[Si](C)(C)Cc1ccccc1. The molecule has 0 spiro atoms. The van der Waals surface area contributed by atoms with Crippen molar-refractivity contribution in [2.45, 2.75) is 57.8 Å². The smallest absolute Gasteiger partial charge is 0.0560 e. The van der Waals surface area contributed by atoms with E-state index < -0.39 is 8.07 Å². The Balaban J connectivity index is 2.39. The molecule has 0 unspecified atom stereocenters. The summed E-state index contributed by atoms with van der Waals surface area (Å²) in [6, 6.07) is 13.3. The lowest BCUT2D eigenvalue weighted by Gasteiger charge is -2.22. The molecule has 110 valence electrons. The van der Waals surface area contributed by atoms with Crippen molar-refractivity contribution in [3.05, 3.63) is 60.2 Å². The second kappa shape index (κ2) is 8.96. The van der Waals surface area contributed by atoms with Crippen LogP contribution < -0.4 is 0 Å². The zero-order valence-electron chi connectivity index (χ0n) is 13.5. The topological polar surface area (TPSA) is 0 Å². The Morgan fingerprint density at radius 1 is 1.15 bits per heavy atom. The standard InChI is InChI=1S/C19H30Si/c1-5-6-7-8-10-13-18(2)16-20(3,4)17-19-14-11-9-12-15-19/h9-15H,2,5-8,16-17H2,1,3-4H3/b13-10+. The van der Waals surface area contributed by atoms with Crippen molar-refractivity contribution in [2.24, 2.45) is 0 Å². The van der Waals surface area contributed by atoms with Gasteiger partial charge in [0.25, 0.3) is 0 Å². The van der Waals surface area contributed by atoms with Gasteiger partial charge in [0.1, 0.15) is 0 Å². The molecule has 0 atom stereocenters. The normalized spacial score (nSPS) is 11.9. The highest BCUT2D eigenvalue weighted by Crippen LogP contribution is 2.21. The molecule has 1 heteroatoms. The zero-order valence-corrected chi connectivity index (χ0v) is 14.5. The zero-order chi connectivity index (χ0) is 14.8. The van der Waals surface area contributed by atoms with Gasteiger partial charge in [-0.3, -0.25) is 0 Å². The maximum absolute atomic E-state index is 4.25. The van der Waals surface area contributed by atoms with Crippen LogP contribution in [0.5, 0.6) is 0 Å². The second-order valence-electron chi connectivity index (χ2n) is 6.56. The van der Waals surface area contributed by atoms with Crippen LogP contribution in [0, 0.1) is 0 Å². The third kappa shape index (κ3) is 7.49. The number of hydrogen-bond acceptors (Lipinski definition) is 0. The van der Waals surface area contributed by atoms with Gasteiger partial charge in [-0.05, 0) is 24.9 Å². The molecule has 0 heterocycles. The van der Waals surface area contributed by atoms with Crippen LogP contribution in [0.4, 0.5) is 0 Å². The summed E-state index contributed by atoms with van der Waals surface area (Å²) in [5, 5.41) is 0. The third-order valence-electron chi connectivity index (χ3n) is 3.56. The van der Waals surface area contributed by atoms with E-state index in [-0.39, 0.29) is 0 Å². The summed E-state index contributed by atoms with van der Waals surface area (Å²) in [6.07, 6.45) is 9.72. The molecule has 0 aliphatic heterocycles. The number of unbranched alkanes of at least 4 members (excludes halogenated alkanes) is 3. The van der Waals surface area contributed by atoms with E-state index in [1.807, 2.05) is 0 Å². The van der Waals surface area contributed by atoms with E-state index in [0.29, 0.717) is 0 Å². The molecule has 0 saturated heterocycles. The molecule has 1 aromatic rings. The van der Waals surface area contributed by atoms with Crippen LogP contribution >= 0.6 is 0 Å². The fourth-order valence-electron chi connectivity index (χ4n) is 2.65. The number of hydrogen-bond donors (Lipinski definition) is 0. The average molecular weight is 287 g/mol. The van der Waals surface area contributed by atoms with Crippen LogP contribution in [0.25, 0.3) is 0 Å². The highest BCUT2D eigenvalue weighted by Gasteiger charge is 2.21. The van der Waals surface area contributed by atoms with E-state index in [0.717, 1.165) is 0 Å². The predicted octanol–water partition coefficient (Wildman–Crippen LogP) is 6.17. The van der Waals surface area contributed by atoms with E-state index in [2.05, 4.69) is 69.1 Å². The third-order valence-corrected chi connectivity index (χ3v) is 6.34. The van der Waals surface area contributed by atoms with Crippen molar-refractivity contribution in [1.29, 1.82) is 0 Å². The maximum Gasteiger partial charge on any atom is 0.0560 e. The molecule has 0 amide bonds. The molecule has 0 nitrogen and oxygen atoms in total. The molecule has 0 aromatic heterocycles. The predicted molar refractivity (Wildman–Crippen MR) is 94.9 cm³/mol. The Kier molecular flexibility index (Phi) is 7.61. The van der Waals surface area contributed by atoms with E-state index in [1.165, 1.54) is 48.9 Å². The number of rotatable bonds is 9. The van der Waals surface area contributed by atoms with E-state index in [1.54, 1.807) is 0 Å². The summed E-state index contributed by atoms with van der Waals surface area (Å²) in [6.45, 7) is 11.4. The van der Waals surface area contributed by atoms with Crippen molar-refractivity contribution in [1.82, 2.24) is 0 Å². The van der Waals surface area contributed by atoms with E-state index >= 15 is 0 Å². The van der Waals surface area contributed by atoms with E-state index in [4.69, 9.17) is 0 Å². The van der Waals surface area contributed by atoms with Gasteiger partial charge >= 0.3 is 0 Å². The Hall–Kier alpha value is -1.08. The van der Waals surface area contributed by atoms with Gasteiger partial charge in [0.05, 0.1) is 8.07 Å². The quantitative estimate of drug-likeness (QED) is 0.289. The average Bonchev–Trinajstić information content (AvgIpc) is 2.38. The largest absolute Gasteiger partial charge is 0.0961 e. The summed E-state index contributed by atoms with van der Waals surface area (Å²) in [7, 11) is -1.23. The first-order valence-electron chi connectivity index (χ1n) is 7.92. The molecule has 1 rings (SSSR count). The first-order valence-corrected chi connectivity index (χ1v) is 11.3. The summed E-state index contributed by atoms with van der Waals surface area (Å²) in [4.78, 5) is 0. The van der Waals surface area contributed by atoms with Gasteiger partial charge in [-0.2, -0.15) is 0 Å². The highest BCUT2D eigenvalue weighted by atomic mass is 28.3. The first-order chi connectivity index (χ1) is 9.53. The first kappa shape index (κ1) is 17.0. The Morgan fingerprint density at radius 3 is 2.50 bits per heavy atom. The van der Waals surface area contributed by atoms with Gasteiger partial charge in [-0.25, -0.2) is 0 Å². The summed E-state index contributed by atoms with van der Waals surface area (Å²) in [5.74, 6) is 0. The van der Waals surface area contributed by atoms with Crippen LogP contribution in [0.1, 0.15) is 38.2 Å². The lowest BCUT2D eigenvalue weighted by atomic mass is 10.2. The molecule has 0 N–H and O–H groups in total. The monoisotopic (exact) mass is 286 g/mol. The molecular formula is C19H30Si. The van der Waals surface area contributed by atoms with Crippen molar-refractivity contribution in [3.8, 4) is 0 Å². The molecule has 0 saturated carbocycles. The molecular weight excluding hydrogens is 256 g/mol. The minimum absolute atomic E-state index is 1.20. The summed E-state index contributed by atoms with van der Waals surface area (Å²) < 4.78 is 0. The Morgan fingerprint density at radius 2 is 1.85 bits per heavy atom. The van der Waals surface area contributed by atoms with Crippen LogP contribution in [-0.2, 0) is 6.04 Å². The van der Waals surface area contributed by atoms with Gasteiger partial charge in [-0.1, -0.05) is 93.1 Å². The summed E-state index contributed by atoms with van der Waals surface area (Å²) >= 11 is 0. The molecule has 1 aromatic carbocycles. The van der Waals surface area contributed by atoms with Gasteiger partial charge in [0, 0.05) is 0 Å². The number of benzene rings is 1. The molecule has 0 bridgehead atoms. The lowest BCUT2D eigenvalue weighted by Crippen LogP contribution is -2.29. The second-order valence-corrected chi connectivity index (χ2v) is 11.6. The minimum Gasteiger partial charge on any atom is -0.0961 e. The molecule has 0 radical (unpaired) electrons. The minimum atomic E-state index is -1.23. The maximum atomic E-state index is 4.25. The number of allylic oxidation sites excluding steroid dienone is 3.